The third-order valence-electron chi connectivity index (χ3n) is 3.08. The molecule has 3 rings (SSSR count). The SMILES string of the molecule is CC#CCOc1ccc2[nH]nc(NC(=O)c3sccc3Cl)c2c1. The van der Waals surface area contributed by atoms with Crippen LogP contribution in [0, 0.1) is 11.8 Å². The molecule has 0 aliphatic carbocycles. The van der Waals surface area contributed by atoms with Crippen molar-refractivity contribution in [1.82, 2.24) is 10.2 Å². The van der Waals surface area contributed by atoms with Crippen LogP contribution in [-0.4, -0.2) is 22.7 Å². The zero-order valence-electron chi connectivity index (χ0n) is 12.1. The van der Waals surface area contributed by atoms with Gasteiger partial charge in [-0.1, -0.05) is 17.5 Å². The van der Waals surface area contributed by atoms with E-state index in [0.717, 1.165) is 10.9 Å². The van der Waals surface area contributed by atoms with Gasteiger partial charge in [0.25, 0.3) is 5.91 Å². The second kappa shape index (κ2) is 6.73. The number of thiophene rings is 1. The van der Waals surface area contributed by atoms with Crippen molar-refractivity contribution in [3.8, 4) is 17.6 Å². The lowest BCUT2D eigenvalue weighted by Crippen LogP contribution is -2.11. The lowest BCUT2D eigenvalue weighted by atomic mass is 10.2. The van der Waals surface area contributed by atoms with Gasteiger partial charge in [-0.3, -0.25) is 9.89 Å². The Morgan fingerprint density at radius 2 is 2.35 bits per heavy atom. The minimum absolute atomic E-state index is 0.290. The Bertz CT molecular complexity index is 920. The number of benzene rings is 1. The van der Waals surface area contributed by atoms with E-state index in [2.05, 4.69) is 27.4 Å². The quantitative estimate of drug-likeness (QED) is 0.704. The molecule has 2 heterocycles. The minimum Gasteiger partial charge on any atom is -0.481 e. The van der Waals surface area contributed by atoms with Crippen LogP contribution < -0.4 is 10.1 Å². The number of hydrogen-bond donors (Lipinski definition) is 2. The minimum atomic E-state index is -0.290. The first-order valence-electron chi connectivity index (χ1n) is 6.74. The molecule has 0 unspecified atom stereocenters. The zero-order valence-corrected chi connectivity index (χ0v) is 13.7. The van der Waals surface area contributed by atoms with Gasteiger partial charge in [0.05, 0.1) is 10.5 Å². The standard InChI is InChI=1S/C16H12ClN3O2S/c1-2-3-7-22-10-4-5-13-11(9-10)15(20-19-13)18-16(21)14-12(17)6-8-23-14/h4-6,8-9H,7H2,1H3,(H2,18,19,20,21). The summed E-state index contributed by atoms with van der Waals surface area (Å²) in [6.07, 6.45) is 0. The van der Waals surface area contributed by atoms with Crippen LogP contribution in [0.1, 0.15) is 16.6 Å². The Labute approximate surface area is 141 Å². The number of carbonyl (C=O) groups excluding carboxylic acids is 1. The highest BCUT2D eigenvalue weighted by Crippen LogP contribution is 2.27. The number of carbonyl (C=O) groups is 1. The molecule has 3 aromatic rings. The van der Waals surface area contributed by atoms with E-state index in [-0.39, 0.29) is 5.91 Å². The summed E-state index contributed by atoms with van der Waals surface area (Å²) < 4.78 is 5.53. The van der Waals surface area contributed by atoms with Crippen LogP contribution in [0.25, 0.3) is 10.9 Å². The fraction of sp³-hybridized carbons (Fsp3) is 0.125. The molecule has 0 atom stereocenters. The second-order valence-corrected chi connectivity index (χ2v) is 5.87. The molecule has 0 aliphatic heterocycles. The maximum absolute atomic E-state index is 12.2. The molecule has 0 aliphatic rings. The van der Waals surface area contributed by atoms with E-state index >= 15 is 0 Å². The van der Waals surface area contributed by atoms with Crippen LogP contribution in [0.15, 0.2) is 29.6 Å². The number of aromatic nitrogens is 2. The molecule has 7 heteroatoms. The Balaban J connectivity index is 1.85. The van der Waals surface area contributed by atoms with E-state index in [4.69, 9.17) is 16.3 Å². The van der Waals surface area contributed by atoms with Gasteiger partial charge in [-0.25, -0.2) is 0 Å². The summed E-state index contributed by atoms with van der Waals surface area (Å²) in [5, 5.41) is 12.7. The maximum atomic E-state index is 12.2. The van der Waals surface area contributed by atoms with E-state index in [0.29, 0.717) is 28.1 Å². The first kappa shape index (κ1) is 15.4. The average Bonchev–Trinajstić information content (AvgIpc) is 3.14. The van der Waals surface area contributed by atoms with Crippen LogP contribution in [-0.2, 0) is 0 Å². The van der Waals surface area contributed by atoms with Crippen LogP contribution in [0.2, 0.25) is 5.02 Å². The molecule has 0 radical (unpaired) electrons. The van der Waals surface area contributed by atoms with Crippen LogP contribution in [0.3, 0.4) is 0 Å². The van der Waals surface area contributed by atoms with E-state index in [1.807, 2.05) is 18.2 Å². The molecule has 0 fully saturated rings. The Morgan fingerprint density at radius 3 is 3.09 bits per heavy atom. The van der Waals surface area contributed by atoms with Crippen molar-refractivity contribution in [2.45, 2.75) is 6.92 Å². The fourth-order valence-electron chi connectivity index (χ4n) is 1.99. The second-order valence-electron chi connectivity index (χ2n) is 4.55. The van der Waals surface area contributed by atoms with Crippen molar-refractivity contribution >= 4 is 45.6 Å². The monoisotopic (exact) mass is 345 g/mol. The van der Waals surface area contributed by atoms with E-state index < -0.39 is 0 Å². The number of ether oxygens (including phenoxy) is 1. The number of H-pyrrole nitrogens is 1. The number of hydrogen-bond acceptors (Lipinski definition) is 4. The smallest absolute Gasteiger partial charge is 0.268 e. The van der Waals surface area contributed by atoms with Gasteiger partial charge in [0.15, 0.2) is 5.82 Å². The number of anilines is 1. The number of amides is 1. The number of nitrogens with zero attached hydrogens (tertiary/aromatic N) is 1. The summed E-state index contributed by atoms with van der Waals surface area (Å²) in [5.74, 6) is 6.40. The van der Waals surface area contributed by atoms with Crippen molar-refractivity contribution in [2.75, 3.05) is 11.9 Å². The summed E-state index contributed by atoms with van der Waals surface area (Å²) >= 11 is 7.26. The lowest BCUT2D eigenvalue weighted by molar-refractivity contribution is 0.103. The molecule has 0 spiro atoms. The number of fused-ring (bicyclic) bond motifs is 1. The van der Waals surface area contributed by atoms with Gasteiger partial charge in [0, 0.05) is 5.39 Å². The number of rotatable bonds is 4. The third kappa shape index (κ3) is 3.31. The van der Waals surface area contributed by atoms with Crippen LogP contribution in [0.4, 0.5) is 5.82 Å². The molecule has 0 saturated heterocycles. The van der Waals surface area contributed by atoms with Gasteiger partial charge >= 0.3 is 0 Å². The van der Waals surface area contributed by atoms with Gasteiger partial charge in [0.1, 0.15) is 17.2 Å². The van der Waals surface area contributed by atoms with E-state index in [1.54, 1.807) is 18.4 Å². The van der Waals surface area contributed by atoms with E-state index in [9.17, 15) is 4.79 Å². The van der Waals surface area contributed by atoms with Gasteiger partial charge in [-0.05, 0) is 36.6 Å². The molecule has 0 bridgehead atoms. The predicted molar refractivity (Wildman–Crippen MR) is 92.3 cm³/mol. The average molecular weight is 346 g/mol. The van der Waals surface area contributed by atoms with Crippen LogP contribution in [0.5, 0.6) is 5.75 Å². The first-order valence-corrected chi connectivity index (χ1v) is 7.99. The molecule has 0 saturated carbocycles. The summed E-state index contributed by atoms with van der Waals surface area (Å²) in [6.45, 7) is 2.07. The molecular weight excluding hydrogens is 334 g/mol. The lowest BCUT2D eigenvalue weighted by Gasteiger charge is -2.04. The third-order valence-corrected chi connectivity index (χ3v) is 4.42. The summed E-state index contributed by atoms with van der Waals surface area (Å²) in [7, 11) is 0. The highest BCUT2D eigenvalue weighted by atomic mass is 35.5. The van der Waals surface area contributed by atoms with Crippen molar-refractivity contribution in [1.29, 1.82) is 0 Å². The highest BCUT2D eigenvalue weighted by molar-refractivity contribution is 7.12. The van der Waals surface area contributed by atoms with Crippen molar-refractivity contribution in [3.63, 3.8) is 0 Å². The van der Waals surface area contributed by atoms with Crippen molar-refractivity contribution in [3.05, 3.63) is 39.5 Å². The van der Waals surface area contributed by atoms with Gasteiger partial charge in [0.2, 0.25) is 0 Å². The molecule has 2 aromatic heterocycles. The van der Waals surface area contributed by atoms with E-state index in [1.165, 1.54) is 11.3 Å². The normalized spacial score (nSPS) is 10.2. The zero-order chi connectivity index (χ0) is 16.2. The largest absolute Gasteiger partial charge is 0.481 e. The molecule has 5 nitrogen and oxygen atoms in total. The predicted octanol–water partition coefficient (Wildman–Crippen LogP) is 3.93. The molecule has 1 aromatic carbocycles. The molecule has 2 N–H and O–H groups in total. The number of aromatic amines is 1. The molecule has 1 amide bonds. The Morgan fingerprint density at radius 1 is 1.48 bits per heavy atom. The molecule has 23 heavy (non-hydrogen) atoms. The fourth-order valence-corrected chi connectivity index (χ4v) is 3.03. The molecule has 116 valence electrons. The Kier molecular flexibility index (Phi) is 4.51. The topological polar surface area (TPSA) is 67.0 Å². The molecular formula is C16H12ClN3O2S. The van der Waals surface area contributed by atoms with Gasteiger partial charge in [-0.15, -0.1) is 17.3 Å². The van der Waals surface area contributed by atoms with Crippen LogP contribution >= 0.6 is 22.9 Å². The first-order chi connectivity index (χ1) is 11.2. The number of nitrogens with one attached hydrogen (secondary N) is 2. The van der Waals surface area contributed by atoms with Crippen molar-refractivity contribution < 1.29 is 9.53 Å². The maximum Gasteiger partial charge on any atom is 0.268 e. The summed E-state index contributed by atoms with van der Waals surface area (Å²) in [6, 6.07) is 7.15. The van der Waals surface area contributed by atoms with Gasteiger partial charge < -0.3 is 10.1 Å². The highest BCUT2D eigenvalue weighted by Gasteiger charge is 2.15. The Hall–Kier alpha value is -2.49. The number of halogens is 1. The summed E-state index contributed by atoms with van der Waals surface area (Å²) in [4.78, 5) is 12.7. The van der Waals surface area contributed by atoms with Gasteiger partial charge in [-0.2, -0.15) is 5.10 Å². The summed E-state index contributed by atoms with van der Waals surface area (Å²) in [5.41, 5.74) is 0.798. The van der Waals surface area contributed by atoms with Crippen molar-refractivity contribution in [2.24, 2.45) is 0 Å².